The van der Waals surface area contributed by atoms with E-state index in [2.05, 4.69) is 16.2 Å². The number of ether oxygens (including phenoxy) is 1. The van der Waals surface area contributed by atoms with Gasteiger partial charge in [-0.05, 0) is 60.9 Å². The minimum absolute atomic E-state index is 0.0781. The smallest absolute Gasteiger partial charge is 0.279 e. The Labute approximate surface area is 193 Å². The first-order valence-electron chi connectivity index (χ1n) is 10.8. The number of carbonyl (C=O) groups excluding carboxylic acids is 3. The van der Waals surface area contributed by atoms with Crippen molar-refractivity contribution in [2.24, 2.45) is 0 Å². The molecule has 0 saturated heterocycles. The van der Waals surface area contributed by atoms with E-state index in [9.17, 15) is 14.4 Å². The molecule has 0 saturated carbocycles. The van der Waals surface area contributed by atoms with Crippen molar-refractivity contribution in [2.45, 2.75) is 32.8 Å². The van der Waals surface area contributed by atoms with Crippen LogP contribution in [0.25, 0.3) is 11.1 Å². The van der Waals surface area contributed by atoms with Gasteiger partial charge in [0.25, 0.3) is 11.8 Å². The van der Waals surface area contributed by atoms with Crippen molar-refractivity contribution in [1.29, 1.82) is 0 Å². The van der Waals surface area contributed by atoms with Gasteiger partial charge in [0, 0.05) is 17.7 Å². The average Bonchev–Trinajstić information content (AvgIpc) is 2.84. The highest BCUT2D eigenvalue weighted by Gasteiger charge is 2.16. The summed E-state index contributed by atoms with van der Waals surface area (Å²) in [4.78, 5) is 36.2. The summed E-state index contributed by atoms with van der Waals surface area (Å²) in [7, 11) is 0. The second-order valence-electron chi connectivity index (χ2n) is 7.47. The first-order chi connectivity index (χ1) is 16.0. The van der Waals surface area contributed by atoms with E-state index in [0.717, 1.165) is 17.5 Å². The van der Waals surface area contributed by atoms with Gasteiger partial charge in [-0.3, -0.25) is 25.2 Å². The van der Waals surface area contributed by atoms with Crippen molar-refractivity contribution in [1.82, 2.24) is 10.9 Å². The number of carbonyl (C=O) groups is 3. The molecule has 33 heavy (non-hydrogen) atoms. The first-order valence-corrected chi connectivity index (χ1v) is 10.8. The molecule has 3 aromatic rings. The SMILES string of the molecule is CCCC(=O)Nc1ccc(C(=O)NNC(=O)C(C)Oc2ccc(-c3ccccc3)cc2)cc1. The van der Waals surface area contributed by atoms with Crippen LogP contribution < -0.4 is 20.9 Å². The zero-order valence-corrected chi connectivity index (χ0v) is 18.6. The summed E-state index contributed by atoms with van der Waals surface area (Å²) >= 11 is 0. The van der Waals surface area contributed by atoms with E-state index in [-0.39, 0.29) is 5.91 Å². The monoisotopic (exact) mass is 445 g/mol. The fourth-order valence-electron chi connectivity index (χ4n) is 3.06. The van der Waals surface area contributed by atoms with Crippen LogP contribution in [0.1, 0.15) is 37.0 Å². The van der Waals surface area contributed by atoms with E-state index >= 15 is 0 Å². The van der Waals surface area contributed by atoms with Crippen LogP contribution in [0, 0.1) is 0 Å². The molecule has 3 amide bonds. The predicted octanol–water partition coefficient (Wildman–Crippen LogP) is 4.32. The average molecular weight is 446 g/mol. The molecule has 170 valence electrons. The quantitative estimate of drug-likeness (QED) is 0.450. The van der Waals surface area contributed by atoms with Gasteiger partial charge in [0.05, 0.1) is 0 Å². The summed E-state index contributed by atoms with van der Waals surface area (Å²) in [6, 6.07) is 23.8. The predicted molar refractivity (Wildman–Crippen MR) is 128 cm³/mol. The Hall–Kier alpha value is -4.13. The lowest BCUT2D eigenvalue weighted by Crippen LogP contribution is -2.47. The number of hydrogen-bond donors (Lipinski definition) is 3. The van der Waals surface area contributed by atoms with Crippen LogP contribution in [0.5, 0.6) is 5.75 Å². The zero-order chi connectivity index (χ0) is 23.6. The molecule has 0 spiro atoms. The van der Waals surface area contributed by atoms with Crippen LogP contribution in [0.15, 0.2) is 78.9 Å². The summed E-state index contributed by atoms with van der Waals surface area (Å²) in [6.45, 7) is 3.52. The standard InChI is InChI=1S/C26H27N3O4/c1-3-7-24(30)27-22-14-10-21(11-15-22)26(32)29-28-25(31)18(2)33-23-16-12-20(13-17-23)19-8-5-4-6-9-19/h4-6,8-18H,3,7H2,1-2H3,(H,27,30)(H,28,31)(H,29,32). The van der Waals surface area contributed by atoms with E-state index in [1.807, 2.05) is 49.4 Å². The molecule has 3 N–H and O–H groups in total. The number of hydrazine groups is 1. The number of amides is 3. The molecule has 3 aromatic carbocycles. The van der Waals surface area contributed by atoms with E-state index in [1.54, 1.807) is 43.3 Å². The van der Waals surface area contributed by atoms with Crippen molar-refractivity contribution < 1.29 is 19.1 Å². The zero-order valence-electron chi connectivity index (χ0n) is 18.6. The molecule has 1 unspecified atom stereocenters. The Balaban J connectivity index is 1.47. The van der Waals surface area contributed by atoms with E-state index in [1.165, 1.54) is 0 Å². The molecule has 0 aromatic heterocycles. The number of benzene rings is 3. The molecule has 0 radical (unpaired) electrons. The molecule has 3 rings (SSSR count). The molecule has 7 nitrogen and oxygen atoms in total. The molecule has 1 atom stereocenters. The molecule has 7 heteroatoms. The van der Waals surface area contributed by atoms with Crippen molar-refractivity contribution in [3.05, 3.63) is 84.4 Å². The van der Waals surface area contributed by atoms with Crippen LogP contribution >= 0.6 is 0 Å². The van der Waals surface area contributed by atoms with E-state index < -0.39 is 17.9 Å². The third-order valence-corrected chi connectivity index (χ3v) is 4.85. The molecule has 0 aliphatic heterocycles. The van der Waals surface area contributed by atoms with E-state index in [4.69, 9.17) is 4.74 Å². The van der Waals surface area contributed by atoms with Gasteiger partial charge in [-0.15, -0.1) is 0 Å². The Morgan fingerprint density at radius 3 is 2.09 bits per heavy atom. The van der Waals surface area contributed by atoms with Gasteiger partial charge < -0.3 is 10.1 Å². The highest BCUT2D eigenvalue weighted by molar-refractivity contribution is 5.97. The number of rotatable bonds is 8. The van der Waals surface area contributed by atoms with E-state index in [0.29, 0.717) is 23.4 Å². The van der Waals surface area contributed by atoms with Gasteiger partial charge in [-0.25, -0.2) is 0 Å². The minimum atomic E-state index is -0.816. The van der Waals surface area contributed by atoms with Crippen LogP contribution in [0.2, 0.25) is 0 Å². The lowest BCUT2D eigenvalue weighted by Gasteiger charge is -2.15. The van der Waals surface area contributed by atoms with Gasteiger partial charge in [-0.2, -0.15) is 0 Å². The van der Waals surface area contributed by atoms with Crippen LogP contribution in [-0.2, 0) is 9.59 Å². The Morgan fingerprint density at radius 2 is 1.45 bits per heavy atom. The highest BCUT2D eigenvalue weighted by Crippen LogP contribution is 2.22. The second kappa shape index (κ2) is 11.5. The minimum Gasteiger partial charge on any atom is -0.481 e. The summed E-state index contributed by atoms with van der Waals surface area (Å²) in [6.07, 6.45) is 0.378. The highest BCUT2D eigenvalue weighted by atomic mass is 16.5. The summed E-state index contributed by atoms with van der Waals surface area (Å²) in [5, 5.41) is 2.75. The fourth-order valence-corrected chi connectivity index (χ4v) is 3.06. The van der Waals surface area contributed by atoms with Crippen molar-refractivity contribution in [2.75, 3.05) is 5.32 Å². The van der Waals surface area contributed by atoms with Gasteiger partial charge in [-0.1, -0.05) is 49.4 Å². The van der Waals surface area contributed by atoms with Crippen LogP contribution in [-0.4, -0.2) is 23.8 Å². The largest absolute Gasteiger partial charge is 0.481 e. The van der Waals surface area contributed by atoms with Gasteiger partial charge in [0.2, 0.25) is 5.91 Å². The van der Waals surface area contributed by atoms with Gasteiger partial charge >= 0.3 is 0 Å². The van der Waals surface area contributed by atoms with Crippen LogP contribution in [0.3, 0.4) is 0 Å². The van der Waals surface area contributed by atoms with Crippen molar-refractivity contribution >= 4 is 23.4 Å². The Bertz CT molecular complexity index is 1080. The Morgan fingerprint density at radius 1 is 0.818 bits per heavy atom. The summed E-state index contributed by atoms with van der Waals surface area (Å²) in [5.41, 5.74) is 7.82. The number of nitrogens with one attached hydrogen (secondary N) is 3. The lowest BCUT2D eigenvalue weighted by atomic mass is 10.1. The molecular formula is C26H27N3O4. The van der Waals surface area contributed by atoms with Gasteiger partial charge in [0.15, 0.2) is 6.10 Å². The second-order valence-corrected chi connectivity index (χ2v) is 7.47. The summed E-state index contributed by atoms with van der Waals surface area (Å²) < 4.78 is 5.67. The fraction of sp³-hybridized carbons (Fsp3) is 0.192. The first kappa shape index (κ1) is 23.5. The number of hydrogen-bond acceptors (Lipinski definition) is 4. The normalized spacial score (nSPS) is 11.2. The maximum Gasteiger partial charge on any atom is 0.279 e. The number of anilines is 1. The maximum atomic E-state index is 12.3. The molecule has 0 bridgehead atoms. The molecule has 0 aliphatic carbocycles. The van der Waals surface area contributed by atoms with Crippen molar-refractivity contribution in [3.8, 4) is 16.9 Å². The molecule has 0 heterocycles. The topological polar surface area (TPSA) is 96.5 Å². The molecule has 0 fully saturated rings. The van der Waals surface area contributed by atoms with Gasteiger partial charge in [0.1, 0.15) is 5.75 Å². The third-order valence-electron chi connectivity index (χ3n) is 4.85. The summed E-state index contributed by atoms with van der Waals surface area (Å²) in [5.74, 6) is -0.497. The maximum absolute atomic E-state index is 12.3. The molecular weight excluding hydrogens is 418 g/mol. The lowest BCUT2D eigenvalue weighted by molar-refractivity contribution is -0.128. The third kappa shape index (κ3) is 6.93. The van der Waals surface area contributed by atoms with Crippen LogP contribution in [0.4, 0.5) is 5.69 Å². The molecule has 0 aliphatic rings. The Kier molecular flexibility index (Phi) is 8.18. The van der Waals surface area contributed by atoms with Crippen molar-refractivity contribution in [3.63, 3.8) is 0 Å².